The first-order chi connectivity index (χ1) is 19.6. The number of hydrogen-bond donors (Lipinski definition) is 1. The number of fused-ring (bicyclic) bond motifs is 4. The third kappa shape index (κ3) is 4.17. The Labute approximate surface area is 237 Å². The first kappa shape index (κ1) is 26.9. The Morgan fingerprint density at radius 3 is 2.46 bits per heavy atom. The van der Waals surface area contributed by atoms with Crippen LogP contribution in [0.5, 0.6) is 0 Å². The molecule has 41 heavy (non-hydrogen) atoms. The topological polar surface area (TPSA) is 127 Å². The molecule has 1 aliphatic carbocycles. The quantitative estimate of drug-likeness (QED) is 0.260. The summed E-state index contributed by atoms with van der Waals surface area (Å²) in [4.78, 5) is 83.5. The van der Waals surface area contributed by atoms with Gasteiger partial charge in [0.15, 0.2) is 5.41 Å². The van der Waals surface area contributed by atoms with Gasteiger partial charge in [-0.2, -0.15) is 0 Å². The molecule has 4 heterocycles. The minimum Gasteiger partial charge on any atom is -0.367 e. The van der Waals surface area contributed by atoms with Crippen molar-refractivity contribution < 1.29 is 28.8 Å². The Hall–Kier alpha value is -4.28. The molecule has 1 atom stereocenters. The van der Waals surface area contributed by atoms with Gasteiger partial charge in [-0.25, -0.2) is 9.59 Å². The van der Waals surface area contributed by atoms with E-state index in [1.807, 2.05) is 6.07 Å². The molecule has 0 bridgehead atoms. The van der Waals surface area contributed by atoms with Gasteiger partial charge >= 0.3 is 12.1 Å². The highest BCUT2D eigenvalue weighted by atomic mass is 16.2. The first-order valence-corrected chi connectivity index (χ1v) is 14.2. The molecule has 8 amide bonds. The van der Waals surface area contributed by atoms with Gasteiger partial charge in [0, 0.05) is 32.9 Å². The summed E-state index contributed by atoms with van der Waals surface area (Å²) in [6.45, 7) is 0.852. The second-order valence-corrected chi connectivity index (χ2v) is 11.5. The SMILES string of the molecule is CN1C(=O)N(C)C(=O)C2(Cc3cc(/C=C4\C(=O)NC(=O)N(CCC5=CCCCC5)C4=O)ccc3N3CCC[C@H]32)C1=O. The number of allylic oxidation sites excluding steroid dienone is 1. The Kier molecular flexibility index (Phi) is 6.55. The molecule has 3 saturated heterocycles. The van der Waals surface area contributed by atoms with E-state index in [0.717, 1.165) is 58.1 Å². The predicted molar refractivity (Wildman–Crippen MR) is 148 cm³/mol. The Bertz CT molecular complexity index is 1440. The highest BCUT2D eigenvalue weighted by Gasteiger charge is 2.63. The van der Waals surface area contributed by atoms with Crippen LogP contribution in [0.3, 0.4) is 0 Å². The molecule has 3 fully saturated rings. The van der Waals surface area contributed by atoms with Crippen LogP contribution >= 0.6 is 0 Å². The van der Waals surface area contributed by atoms with Crippen LogP contribution in [0.1, 0.15) is 56.1 Å². The van der Waals surface area contributed by atoms with Crippen LogP contribution in [0.25, 0.3) is 6.08 Å². The van der Waals surface area contributed by atoms with Crippen molar-refractivity contribution in [1.29, 1.82) is 0 Å². The Morgan fingerprint density at radius 1 is 1.00 bits per heavy atom. The molecule has 0 saturated carbocycles. The van der Waals surface area contributed by atoms with Crippen LogP contribution in [-0.4, -0.2) is 83.6 Å². The van der Waals surface area contributed by atoms with Gasteiger partial charge < -0.3 is 4.90 Å². The molecule has 11 nitrogen and oxygen atoms in total. The van der Waals surface area contributed by atoms with Gasteiger partial charge in [0.1, 0.15) is 5.57 Å². The van der Waals surface area contributed by atoms with E-state index in [0.29, 0.717) is 24.9 Å². The van der Waals surface area contributed by atoms with Gasteiger partial charge in [0.25, 0.3) is 11.8 Å². The van der Waals surface area contributed by atoms with E-state index in [1.165, 1.54) is 25.7 Å². The maximum Gasteiger partial charge on any atom is 0.332 e. The van der Waals surface area contributed by atoms with Crippen molar-refractivity contribution in [2.75, 3.05) is 32.1 Å². The van der Waals surface area contributed by atoms with Crippen LogP contribution < -0.4 is 10.2 Å². The van der Waals surface area contributed by atoms with Crippen molar-refractivity contribution in [2.45, 2.75) is 57.4 Å². The van der Waals surface area contributed by atoms with Crippen LogP contribution in [0, 0.1) is 5.41 Å². The summed E-state index contributed by atoms with van der Waals surface area (Å²) in [7, 11) is 2.80. The lowest BCUT2D eigenvalue weighted by Crippen LogP contribution is -2.70. The fraction of sp³-hybridized carbons (Fsp3) is 0.467. The molecule has 6 rings (SSSR count). The summed E-state index contributed by atoms with van der Waals surface area (Å²) < 4.78 is 0. The van der Waals surface area contributed by atoms with E-state index in [4.69, 9.17) is 0 Å². The average Bonchev–Trinajstić information content (AvgIpc) is 3.47. The summed E-state index contributed by atoms with van der Waals surface area (Å²) in [5.41, 5.74) is 1.76. The van der Waals surface area contributed by atoms with E-state index in [-0.39, 0.29) is 24.6 Å². The van der Waals surface area contributed by atoms with E-state index >= 15 is 0 Å². The minimum absolute atomic E-state index is 0.0972. The number of amides is 8. The average molecular weight is 560 g/mol. The van der Waals surface area contributed by atoms with Gasteiger partial charge in [-0.3, -0.25) is 39.2 Å². The van der Waals surface area contributed by atoms with Crippen LogP contribution in [-0.2, 0) is 25.6 Å². The molecule has 1 N–H and O–H groups in total. The highest BCUT2D eigenvalue weighted by molar-refractivity contribution is 6.31. The Morgan fingerprint density at radius 2 is 1.76 bits per heavy atom. The molecule has 11 heteroatoms. The molecule has 0 radical (unpaired) electrons. The second-order valence-electron chi connectivity index (χ2n) is 11.5. The number of hydrogen-bond acceptors (Lipinski definition) is 7. The molecule has 0 unspecified atom stereocenters. The smallest absolute Gasteiger partial charge is 0.332 e. The van der Waals surface area contributed by atoms with Gasteiger partial charge in [-0.05, 0) is 80.7 Å². The zero-order valence-electron chi connectivity index (χ0n) is 23.3. The van der Waals surface area contributed by atoms with Gasteiger partial charge in [0.2, 0.25) is 11.8 Å². The first-order valence-electron chi connectivity index (χ1n) is 14.2. The number of nitrogens with zero attached hydrogens (tertiary/aromatic N) is 4. The van der Waals surface area contributed by atoms with Crippen molar-refractivity contribution in [3.63, 3.8) is 0 Å². The number of barbiturate groups is 2. The van der Waals surface area contributed by atoms with Crippen molar-refractivity contribution in [2.24, 2.45) is 5.41 Å². The third-order valence-electron chi connectivity index (χ3n) is 9.19. The molecule has 1 spiro atoms. The lowest BCUT2D eigenvalue weighted by molar-refractivity contribution is -0.159. The summed E-state index contributed by atoms with van der Waals surface area (Å²) in [5, 5.41) is 2.28. The van der Waals surface area contributed by atoms with Gasteiger partial charge in [-0.1, -0.05) is 17.7 Å². The number of nitrogens with one attached hydrogen (secondary N) is 1. The molecular formula is C30H33N5O6. The zero-order valence-corrected chi connectivity index (χ0v) is 23.3. The number of carbonyl (C=O) groups is 6. The predicted octanol–water partition coefficient (Wildman–Crippen LogP) is 2.60. The van der Waals surface area contributed by atoms with E-state index in [1.54, 1.807) is 12.1 Å². The summed E-state index contributed by atoms with van der Waals surface area (Å²) in [6.07, 6.45) is 9.91. The number of benzene rings is 1. The monoisotopic (exact) mass is 559 g/mol. The fourth-order valence-electron chi connectivity index (χ4n) is 7.08. The van der Waals surface area contributed by atoms with E-state index < -0.39 is 41.1 Å². The van der Waals surface area contributed by atoms with Crippen molar-refractivity contribution in [3.05, 3.63) is 46.5 Å². The van der Waals surface area contributed by atoms with Gasteiger partial charge in [0.05, 0.1) is 6.04 Å². The lowest BCUT2D eigenvalue weighted by Gasteiger charge is -2.50. The molecule has 5 aliphatic rings. The molecule has 4 aliphatic heterocycles. The van der Waals surface area contributed by atoms with Crippen molar-refractivity contribution in [1.82, 2.24) is 20.0 Å². The standard InChI is InChI=1S/C30H33N5O6/c1-32-26(38)30(27(39)33(2)29(32)41)17-20-15-19(10-11-22(20)34-13-6-9-23(30)34)16-21-24(36)31-28(40)35(25(21)37)14-12-18-7-4-3-5-8-18/h7,10-11,15-16,23H,3-6,8-9,12-14,17H2,1-2H3,(H,31,36,40)/b21-16+/t23-/m0/s1. The Balaban J connectivity index is 1.32. The molecule has 0 aromatic heterocycles. The van der Waals surface area contributed by atoms with Crippen molar-refractivity contribution >= 4 is 47.5 Å². The van der Waals surface area contributed by atoms with Crippen LogP contribution in [0.2, 0.25) is 0 Å². The molecular weight excluding hydrogens is 526 g/mol. The number of imide groups is 4. The normalized spacial score (nSPS) is 25.2. The highest BCUT2D eigenvalue weighted by Crippen LogP contribution is 2.49. The van der Waals surface area contributed by atoms with Crippen LogP contribution in [0.15, 0.2) is 35.4 Å². The minimum atomic E-state index is -1.44. The maximum absolute atomic E-state index is 13.6. The zero-order chi connectivity index (χ0) is 29.1. The summed E-state index contributed by atoms with van der Waals surface area (Å²) in [5.74, 6) is -2.44. The fourth-order valence-corrected chi connectivity index (χ4v) is 7.08. The molecule has 214 valence electrons. The van der Waals surface area contributed by atoms with E-state index in [2.05, 4.69) is 16.3 Å². The molecule has 1 aromatic carbocycles. The summed E-state index contributed by atoms with van der Waals surface area (Å²) in [6, 6.07) is 3.70. The maximum atomic E-state index is 13.6. The number of urea groups is 2. The van der Waals surface area contributed by atoms with Crippen LogP contribution in [0.4, 0.5) is 15.3 Å². The lowest BCUT2D eigenvalue weighted by atomic mass is 9.68. The van der Waals surface area contributed by atoms with E-state index in [9.17, 15) is 28.8 Å². The largest absolute Gasteiger partial charge is 0.367 e. The number of rotatable bonds is 4. The summed E-state index contributed by atoms with van der Waals surface area (Å²) >= 11 is 0. The third-order valence-corrected chi connectivity index (χ3v) is 9.19. The second kappa shape index (κ2) is 9.97. The van der Waals surface area contributed by atoms with Gasteiger partial charge in [-0.15, -0.1) is 0 Å². The number of carbonyl (C=O) groups excluding carboxylic acids is 6. The number of anilines is 1. The van der Waals surface area contributed by atoms with Crippen molar-refractivity contribution in [3.8, 4) is 0 Å². The molecule has 1 aromatic rings.